The van der Waals surface area contributed by atoms with Gasteiger partial charge in [0.2, 0.25) is 0 Å². The molecule has 0 aliphatic carbocycles. The average Bonchev–Trinajstić information content (AvgIpc) is 2.66. The van der Waals surface area contributed by atoms with Crippen LogP contribution in [0.1, 0.15) is 18.1 Å². The van der Waals surface area contributed by atoms with Crippen molar-refractivity contribution in [2.45, 2.75) is 26.3 Å². The minimum Gasteiger partial charge on any atom is -0.328 e. The van der Waals surface area contributed by atoms with Crippen molar-refractivity contribution in [1.82, 2.24) is 10.2 Å². The number of nitrogens with zero attached hydrogens (tertiary/aromatic N) is 1. The fraction of sp³-hybridized carbons (Fsp3) is 0.308. The van der Waals surface area contributed by atoms with Crippen molar-refractivity contribution >= 4 is 0 Å². The maximum Gasteiger partial charge on any atom is 0.0685 e. The minimum atomic E-state index is 0.153. The number of aromatic nitrogens is 2. The summed E-state index contributed by atoms with van der Waals surface area (Å²) in [6.07, 6.45) is 2.71. The number of aryl methyl sites for hydroxylation is 1. The zero-order valence-corrected chi connectivity index (χ0v) is 9.70. The zero-order valence-electron chi connectivity index (χ0n) is 9.70. The molecule has 0 saturated heterocycles. The minimum absolute atomic E-state index is 0.153. The van der Waals surface area contributed by atoms with Crippen LogP contribution in [-0.2, 0) is 6.42 Å². The van der Waals surface area contributed by atoms with Gasteiger partial charge in [0.15, 0.2) is 0 Å². The fourth-order valence-electron chi connectivity index (χ4n) is 1.90. The molecule has 0 spiro atoms. The monoisotopic (exact) mass is 215 g/mol. The van der Waals surface area contributed by atoms with E-state index in [1.54, 1.807) is 0 Å². The summed E-state index contributed by atoms with van der Waals surface area (Å²) in [5.41, 5.74) is 10.6. The molecular formula is C13H17N3. The summed E-state index contributed by atoms with van der Waals surface area (Å²) in [6, 6.07) is 8.44. The molecule has 0 amide bonds. The summed E-state index contributed by atoms with van der Waals surface area (Å²) in [5.74, 6) is 0. The van der Waals surface area contributed by atoms with Crippen LogP contribution >= 0.6 is 0 Å². The van der Waals surface area contributed by atoms with E-state index in [-0.39, 0.29) is 6.04 Å². The van der Waals surface area contributed by atoms with Gasteiger partial charge in [-0.25, -0.2) is 0 Å². The predicted octanol–water partition coefficient (Wildman–Crippen LogP) is 2.27. The van der Waals surface area contributed by atoms with Crippen LogP contribution in [0.5, 0.6) is 0 Å². The zero-order chi connectivity index (χ0) is 11.5. The second kappa shape index (κ2) is 4.49. The van der Waals surface area contributed by atoms with Crippen LogP contribution in [0, 0.1) is 6.92 Å². The SMILES string of the molecule is Cc1ccccc1-c1[nH]ncc1CC(C)N. The molecule has 0 saturated carbocycles. The van der Waals surface area contributed by atoms with Crippen molar-refractivity contribution in [3.8, 4) is 11.3 Å². The highest BCUT2D eigenvalue weighted by atomic mass is 15.1. The van der Waals surface area contributed by atoms with E-state index >= 15 is 0 Å². The third-order valence-electron chi connectivity index (χ3n) is 2.67. The van der Waals surface area contributed by atoms with Gasteiger partial charge in [0, 0.05) is 11.6 Å². The Balaban J connectivity index is 2.41. The van der Waals surface area contributed by atoms with Gasteiger partial charge in [-0.05, 0) is 31.4 Å². The summed E-state index contributed by atoms with van der Waals surface area (Å²) in [4.78, 5) is 0. The highest BCUT2D eigenvalue weighted by Gasteiger charge is 2.10. The van der Waals surface area contributed by atoms with Gasteiger partial charge in [0.05, 0.1) is 11.9 Å². The molecular weight excluding hydrogens is 198 g/mol. The van der Waals surface area contributed by atoms with Gasteiger partial charge in [0.1, 0.15) is 0 Å². The molecule has 3 heteroatoms. The van der Waals surface area contributed by atoms with Crippen molar-refractivity contribution in [2.75, 3.05) is 0 Å². The second-order valence-electron chi connectivity index (χ2n) is 4.27. The number of nitrogens with two attached hydrogens (primary N) is 1. The molecule has 2 rings (SSSR count). The average molecular weight is 215 g/mol. The molecule has 1 aromatic heterocycles. The summed E-state index contributed by atoms with van der Waals surface area (Å²) in [7, 11) is 0. The van der Waals surface area contributed by atoms with Gasteiger partial charge in [-0.3, -0.25) is 5.10 Å². The first-order valence-electron chi connectivity index (χ1n) is 5.52. The Bertz CT molecular complexity index is 472. The standard InChI is InChI=1S/C13H17N3/c1-9-5-3-4-6-12(9)13-11(7-10(2)14)8-15-16-13/h3-6,8,10H,7,14H2,1-2H3,(H,15,16). The number of benzene rings is 1. The summed E-state index contributed by atoms with van der Waals surface area (Å²) >= 11 is 0. The number of H-pyrrole nitrogens is 1. The van der Waals surface area contributed by atoms with Crippen LogP contribution in [0.4, 0.5) is 0 Å². The van der Waals surface area contributed by atoms with Crippen LogP contribution in [0.2, 0.25) is 0 Å². The molecule has 0 aliphatic rings. The maximum absolute atomic E-state index is 5.83. The largest absolute Gasteiger partial charge is 0.328 e. The van der Waals surface area contributed by atoms with Gasteiger partial charge in [-0.1, -0.05) is 24.3 Å². The molecule has 0 radical (unpaired) electrons. The molecule has 3 N–H and O–H groups in total. The highest BCUT2D eigenvalue weighted by Crippen LogP contribution is 2.24. The Labute approximate surface area is 95.7 Å². The summed E-state index contributed by atoms with van der Waals surface area (Å²) in [6.45, 7) is 4.11. The molecule has 1 heterocycles. The first-order chi connectivity index (χ1) is 7.68. The number of rotatable bonds is 3. The number of aromatic amines is 1. The van der Waals surface area contributed by atoms with E-state index in [0.29, 0.717) is 0 Å². The molecule has 0 fully saturated rings. The third-order valence-corrected chi connectivity index (χ3v) is 2.67. The van der Waals surface area contributed by atoms with Gasteiger partial charge in [0.25, 0.3) is 0 Å². The van der Waals surface area contributed by atoms with Crippen LogP contribution in [0.3, 0.4) is 0 Å². The lowest BCUT2D eigenvalue weighted by molar-refractivity contribution is 0.739. The quantitative estimate of drug-likeness (QED) is 0.825. The molecule has 1 aromatic carbocycles. The molecule has 16 heavy (non-hydrogen) atoms. The van der Waals surface area contributed by atoms with E-state index in [4.69, 9.17) is 5.73 Å². The van der Waals surface area contributed by atoms with Gasteiger partial charge < -0.3 is 5.73 Å². The Kier molecular flexibility index (Phi) is 3.06. The predicted molar refractivity (Wildman–Crippen MR) is 66.1 cm³/mol. The second-order valence-corrected chi connectivity index (χ2v) is 4.27. The van der Waals surface area contributed by atoms with Crippen molar-refractivity contribution in [2.24, 2.45) is 5.73 Å². The van der Waals surface area contributed by atoms with Crippen LogP contribution < -0.4 is 5.73 Å². The van der Waals surface area contributed by atoms with Crippen LogP contribution in [-0.4, -0.2) is 16.2 Å². The Morgan fingerprint density at radius 1 is 1.38 bits per heavy atom. The third kappa shape index (κ3) is 2.14. The smallest absolute Gasteiger partial charge is 0.0685 e. The Morgan fingerprint density at radius 3 is 2.81 bits per heavy atom. The van der Waals surface area contributed by atoms with Crippen molar-refractivity contribution < 1.29 is 0 Å². The lowest BCUT2D eigenvalue weighted by atomic mass is 10.00. The van der Waals surface area contributed by atoms with Crippen molar-refractivity contribution in [1.29, 1.82) is 0 Å². The van der Waals surface area contributed by atoms with Crippen molar-refractivity contribution in [3.63, 3.8) is 0 Å². The van der Waals surface area contributed by atoms with Crippen LogP contribution in [0.25, 0.3) is 11.3 Å². The Hall–Kier alpha value is -1.61. The van der Waals surface area contributed by atoms with Gasteiger partial charge in [-0.15, -0.1) is 0 Å². The van der Waals surface area contributed by atoms with E-state index in [0.717, 1.165) is 12.1 Å². The molecule has 0 aliphatic heterocycles. The normalized spacial score (nSPS) is 12.7. The maximum atomic E-state index is 5.83. The molecule has 2 aromatic rings. The van der Waals surface area contributed by atoms with Gasteiger partial charge in [-0.2, -0.15) is 5.10 Å². The summed E-state index contributed by atoms with van der Waals surface area (Å²) in [5, 5.41) is 7.17. The lowest BCUT2D eigenvalue weighted by Gasteiger charge is -2.08. The topological polar surface area (TPSA) is 54.7 Å². The number of hydrogen-bond acceptors (Lipinski definition) is 2. The molecule has 1 atom stereocenters. The van der Waals surface area contributed by atoms with E-state index in [1.165, 1.54) is 16.7 Å². The Morgan fingerprint density at radius 2 is 2.12 bits per heavy atom. The number of nitrogens with one attached hydrogen (secondary N) is 1. The molecule has 3 nitrogen and oxygen atoms in total. The van der Waals surface area contributed by atoms with Gasteiger partial charge >= 0.3 is 0 Å². The summed E-state index contributed by atoms with van der Waals surface area (Å²) < 4.78 is 0. The van der Waals surface area contributed by atoms with E-state index in [9.17, 15) is 0 Å². The van der Waals surface area contributed by atoms with E-state index < -0.39 is 0 Å². The fourth-order valence-corrected chi connectivity index (χ4v) is 1.90. The van der Waals surface area contributed by atoms with Crippen molar-refractivity contribution in [3.05, 3.63) is 41.6 Å². The molecule has 1 unspecified atom stereocenters. The van der Waals surface area contributed by atoms with E-state index in [1.807, 2.05) is 25.3 Å². The lowest BCUT2D eigenvalue weighted by Crippen LogP contribution is -2.17. The first kappa shape index (κ1) is 10.9. The first-order valence-corrected chi connectivity index (χ1v) is 5.52. The molecule has 84 valence electrons. The number of hydrogen-bond donors (Lipinski definition) is 2. The van der Waals surface area contributed by atoms with E-state index in [2.05, 4.69) is 29.3 Å². The molecule has 0 bridgehead atoms. The highest BCUT2D eigenvalue weighted by molar-refractivity contribution is 5.66. The van der Waals surface area contributed by atoms with Crippen LogP contribution in [0.15, 0.2) is 30.5 Å².